The zero-order valence-electron chi connectivity index (χ0n) is 7.58. The zero-order valence-corrected chi connectivity index (χ0v) is 8.39. The molecule has 0 amide bonds. The molecule has 0 aromatic carbocycles. The first-order valence-electron chi connectivity index (χ1n) is 4.28. The SMILES string of the molecule is CCS(=O)(=O)N1CCNC[C@H]1C. The third-order valence-corrected chi connectivity index (χ3v) is 4.15. The van der Waals surface area contributed by atoms with E-state index in [9.17, 15) is 8.42 Å². The maximum absolute atomic E-state index is 11.5. The molecule has 1 aliphatic rings. The first-order chi connectivity index (χ1) is 5.58. The lowest BCUT2D eigenvalue weighted by Gasteiger charge is -2.32. The van der Waals surface area contributed by atoms with Crippen LogP contribution in [0.4, 0.5) is 0 Å². The van der Waals surface area contributed by atoms with Crippen molar-refractivity contribution in [2.75, 3.05) is 25.4 Å². The molecule has 1 saturated heterocycles. The molecule has 1 N–H and O–H groups in total. The van der Waals surface area contributed by atoms with Crippen LogP contribution in [-0.2, 0) is 10.0 Å². The van der Waals surface area contributed by atoms with E-state index in [0.29, 0.717) is 6.54 Å². The van der Waals surface area contributed by atoms with Gasteiger partial charge in [0.05, 0.1) is 5.75 Å². The van der Waals surface area contributed by atoms with Gasteiger partial charge in [-0.05, 0) is 13.8 Å². The third-order valence-electron chi connectivity index (χ3n) is 2.16. The molecule has 5 heteroatoms. The second-order valence-electron chi connectivity index (χ2n) is 3.06. The van der Waals surface area contributed by atoms with E-state index < -0.39 is 10.0 Å². The van der Waals surface area contributed by atoms with Crippen molar-refractivity contribution in [1.82, 2.24) is 9.62 Å². The van der Waals surface area contributed by atoms with Crippen LogP contribution in [0.3, 0.4) is 0 Å². The van der Waals surface area contributed by atoms with Gasteiger partial charge in [0.1, 0.15) is 0 Å². The van der Waals surface area contributed by atoms with Gasteiger partial charge in [-0.25, -0.2) is 8.42 Å². The monoisotopic (exact) mass is 192 g/mol. The summed E-state index contributed by atoms with van der Waals surface area (Å²) in [6, 6.07) is 0.101. The van der Waals surface area contributed by atoms with E-state index >= 15 is 0 Å². The van der Waals surface area contributed by atoms with E-state index in [1.54, 1.807) is 11.2 Å². The van der Waals surface area contributed by atoms with Crippen LogP contribution < -0.4 is 5.32 Å². The molecule has 1 aliphatic heterocycles. The lowest BCUT2D eigenvalue weighted by molar-refractivity contribution is 0.284. The Bertz CT molecular complexity index is 238. The number of hydrogen-bond acceptors (Lipinski definition) is 3. The smallest absolute Gasteiger partial charge is 0.214 e. The van der Waals surface area contributed by atoms with Gasteiger partial charge in [-0.3, -0.25) is 0 Å². The second-order valence-corrected chi connectivity index (χ2v) is 5.27. The fraction of sp³-hybridized carbons (Fsp3) is 1.00. The fourth-order valence-electron chi connectivity index (χ4n) is 1.40. The molecule has 72 valence electrons. The Labute approximate surface area is 74.0 Å². The largest absolute Gasteiger partial charge is 0.314 e. The molecule has 0 spiro atoms. The molecule has 1 heterocycles. The maximum Gasteiger partial charge on any atom is 0.214 e. The quantitative estimate of drug-likeness (QED) is 0.649. The number of nitrogens with zero attached hydrogens (tertiary/aromatic N) is 1. The normalized spacial score (nSPS) is 27.3. The van der Waals surface area contributed by atoms with E-state index in [1.165, 1.54) is 0 Å². The van der Waals surface area contributed by atoms with Gasteiger partial charge in [0.15, 0.2) is 0 Å². The standard InChI is InChI=1S/C7H16N2O2S/c1-3-12(10,11)9-5-4-8-6-7(9)2/h7-8H,3-6H2,1-2H3/t7-/m1/s1. The second kappa shape index (κ2) is 3.72. The van der Waals surface area contributed by atoms with Crippen LogP contribution in [-0.4, -0.2) is 44.2 Å². The molecule has 0 radical (unpaired) electrons. The van der Waals surface area contributed by atoms with Crippen molar-refractivity contribution in [3.05, 3.63) is 0 Å². The van der Waals surface area contributed by atoms with Crippen molar-refractivity contribution >= 4 is 10.0 Å². The van der Waals surface area contributed by atoms with Crippen LogP contribution in [0.5, 0.6) is 0 Å². The molecule has 0 unspecified atom stereocenters. The number of sulfonamides is 1. The summed E-state index contributed by atoms with van der Waals surface area (Å²) in [6.07, 6.45) is 0. The van der Waals surface area contributed by atoms with E-state index in [-0.39, 0.29) is 11.8 Å². The van der Waals surface area contributed by atoms with Gasteiger partial charge in [-0.15, -0.1) is 0 Å². The Kier molecular flexibility index (Phi) is 3.09. The number of nitrogens with one attached hydrogen (secondary N) is 1. The summed E-state index contributed by atoms with van der Waals surface area (Å²) in [5.74, 6) is 0.206. The van der Waals surface area contributed by atoms with Gasteiger partial charge in [0.25, 0.3) is 0 Å². The van der Waals surface area contributed by atoms with Crippen LogP contribution in [0.25, 0.3) is 0 Å². The van der Waals surface area contributed by atoms with E-state index in [0.717, 1.165) is 13.1 Å². The van der Waals surface area contributed by atoms with Gasteiger partial charge in [-0.1, -0.05) is 0 Å². The predicted molar refractivity (Wildman–Crippen MR) is 48.5 cm³/mol. The summed E-state index contributed by atoms with van der Waals surface area (Å²) >= 11 is 0. The summed E-state index contributed by atoms with van der Waals surface area (Å²) in [5, 5.41) is 3.15. The number of rotatable bonds is 2. The van der Waals surface area contributed by atoms with Crippen molar-refractivity contribution in [2.45, 2.75) is 19.9 Å². The Morgan fingerprint density at radius 2 is 2.25 bits per heavy atom. The molecule has 0 aromatic heterocycles. The summed E-state index contributed by atoms with van der Waals surface area (Å²) in [7, 11) is -2.98. The Morgan fingerprint density at radius 1 is 1.58 bits per heavy atom. The van der Waals surface area contributed by atoms with Crippen molar-refractivity contribution in [3.63, 3.8) is 0 Å². The Morgan fingerprint density at radius 3 is 2.75 bits per heavy atom. The van der Waals surface area contributed by atoms with E-state index in [2.05, 4.69) is 5.32 Å². The zero-order chi connectivity index (χ0) is 9.19. The number of hydrogen-bond donors (Lipinski definition) is 1. The summed E-state index contributed by atoms with van der Waals surface area (Å²) in [5.41, 5.74) is 0. The number of piperazine rings is 1. The van der Waals surface area contributed by atoms with Crippen molar-refractivity contribution in [3.8, 4) is 0 Å². The highest BCUT2D eigenvalue weighted by molar-refractivity contribution is 7.89. The molecule has 12 heavy (non-hydrogen) atoms. The molecular formula is C7H16N2O2S. The predicted octanol–water partition coefficient (Wildman–Crippen LogP) is -0.370. The minimum atomic E-state index is -2.98. The van der Waals surface area contributed by atoms with Crippen LogP contribution in [0, 0.1) is 0 Å². The topological polar surface area (TPSA) is 49.4 Å². The summed E-state index contributed by atoms with van der Waals surface area (Å²) in [6.45, 7) is 5.75. The molecule has 1 rings (SSSR count). The van der Waals surface area contributed by atoms with Crippen molar-refractivity contribution in [1.29, 1.82) is 0 Å². The fourth-order valence-corrected chi connectivity index (χ4v) is 2.73. The highest BCUT2D eigenvalue weighted by atomic mass is 32.2. The molecular weight excluding hydrogens is 176 g/mol. The van der Waals surface area contributed by atoms with Gasteiger partial charge in [0.2, 0.25) is 10.0 Å². The maximum atomic E-state index is 11.5. The molecule has 1 fully saturated rings. The minimum absolute atomic E-state index is 0.101. The van der Waals surface area contributed by atoms with Gasteiger partial charge >= 0.3 is 0 Å². The summed E-state index contributed by atoms with van der Waals surface area (Å²) < 4.78 is 24.5. The summed E-state index contributed by atoms with van der Waals surface area (Å²) in [4.78, 5) is 0. The molecule has 0 bridgehead atoms. The van der Waals surface area contributed by atoms with E-state index in [1.807, 2.05) is 6.92 Å². The minimum Gasteiger partial charge on any atom is -0.314 e. The highest BCUT2D eigenvalue weighted by Gasteiger charge is 2.27. The lowest BCUT2D eigenvalue weighted by atomic mass is 10.3. The Hall–Kier alpha value is -0.130. The average Bonchev–Trinajstić information content (AvgIpc) is 2.05. The van der Waals surface area contributed by atoms with Crippen molar-refractivity contribution in [2.24, 2.45) is 0 Å². The molecule has 1 atom stereocenters. The molecule has 4 nitrogen and oxygen atoms in total. The van der Waals surface area contributed by atoms with Crippen LogP contribution >= 0.6 is 0 Å². The highest BCUT2D eigenvalue weighted by Crippen LogP contribution is 2.09. The Balaban J connectivity index is 2.72. The van der Waals surface area contributed by atoms with Crippen LogP contribution in [0.2, 0.25) is 0 Å². The van der Waals surface area contributed by atoms with Gasteiger partial charge in [0, 0.05) is 25.7 Å². The third kappa shape index (κ3) is 1.97. The van der Waals surface area contributed by atoms with Gasteiger partial charge < -0.3 is 5.32 Å². The van der Waals surface area contributed by atoms with Gasteiger partial charge in [-0.2, -0.15) is 4.31 Å². The molecule has 0 saturated carbocycles. The first-order valence-corrected chi connectivity index (χ1v) is 5.89. The van der Waals surface area contributed by atoms with E-state index in [4.69, 9.17) is 0 Å². The van der Waals surface area contributed by atoms with Crippen LogP contribution in [0.15, 0.2) is 0 Å². The molecule has 0 aliphatic carbocycles. The average molecular weight is 192 g/mol. The molecule has 0 aromatic rings. The van der Waals surface area contributed by atoms with Crippen LogP contribution in [0.1, 0.15) is 13.8 Å². The lowest BCUT2D eigenvalue weighted by Crippen LogP contribution is -2.52. The first kappa shape index (κ1) is 9.95. The van der Waals surface area contributed by atoms with Crippen molar-refractivity contribution < 1.29 is 8.42 Å².